The molecule has 1 N–H and O–H groups in total. The van der Waals surface area contributed by atoms with Gasteiger partial charge in [0.1, 0.15) is 0 Å². The third-order valence-electron chi connectivity index (χ3n) is 4.17. The molecule has 0 aliphatic heterocycles. The van der Waals surface area contributed by atoms with Gasteiger partial charge in [-0.05, 0) is 44.4 Å². The van der Waals surface area contributed by atoms with Crippen LogP contribution in [0, 0.1) is 11.8 Å². The lowest BCUT2D eigenvalue weighted by Crippen LogP contribution is -2.48. The summed E-state index contributed by atoms with van der Waals surface area (Å²) in [6.07, 6.45) is 5.11. The van der Waals surface area contributed by atoms with E-state index in [4.69, 9.17) is 4.74 Å². The quantitative estimate of drug-likeness (QED) is 0.767. The highest BCUT2D eigenvalue weighted by Gasteiger charge is 2.36. The number of nitrogens with one attached hydrogen (secondary N) is 1. The van der Waals surface area contributed by atoms with Gasteiger partial charge in [0, 0.05) is 19.2 Å². The standard InChI is InChI=1S/C15H31NO/c1-6-17-15(11-16-13(4)5)9-7-14(8-10-15)12(2)3/h12-14,16H,6-11H2,1-5H3. The van der Waals surface area contributed by atoms with Crippen LogP contribution in [0.5, 0.6) is 0 Å². The van der Waals surface area contributed by atoms with Crippen molar-refractivity contribution in [2.75, 3.05) is 13.2 Å². The van der Waals surface area contributed by atoms with Gasteiger partial charge in [-0.25, -0.2) is 0 Å². The fourth-order valence-electron chi connectivity index (χ4n) is 2.90. The minimum absolute atomic E-state index is 0.115. The van der Waals surface area contributed by atoms with Gasteiger partial charge >= 0.3 is 0 Å². The maximum atomic E-state index is 6.09. The maximum Gasteiger partial charge on any atom is 0.0806 e. The Bertz CT molecular complexity index is 205. The molecule has 0 amide bonds. The van der Waals surface area contributed by atoms with Crippen molar-refractivity contribution >= 4 is 0 Å². The normalized spacial score (nSPS) is 30.2. The Morgan fingerprint density at radius 3 is 2.18 bits per heavy atom. The van der Waals surface area contributed by atoms with E-state index in [0.29, 0.717) is 6.04 Å². The average molecular weight is 241 g/mol. The number of hydrogen-bond donors (Lipinski definition) is 1. The van der Waals surface area contributed by atoms with Gasteiger partial charge in [-0.2, -0.15) is 0 Å². The lowest BCUT2D eigenvalue weighted by molar-refractivity contribution is -0.0752. The van der Waals surface area contributed by atoms with Crippen molar-refractivity contribution in [3.8, 4) is 0 Å². The molecule has 1 aliphatic carbocycles. The van der Waals surface area contributed by atoms with E-state index in [1.165, 1.54) is 25.7 Å². The zero-order valence-corrected chi connectivity index (χ0v) is 12.4. The van der Waals surface area contributed by atoms with Crippen LogP contribution in [-0.2, 0) is 4.74 Å². The summed E-state index contributed by atoms with van der Waals surface area (Å²) in [4.78, 5) is 0. The lowest BCUT2D eigenvalue weighted by Gasteiger charge is -2.41. The molecule has 0 heterocycles. The molecule has 0 spiro atoms. The third kappa shape index (κ3) is 4.59. The summed E-state index contributed by atoms with van der Waals surface area (Å²) in [7, 11) is 0. The Labute approximate surface area is 108 Å². The molecule has 0 aromatic carbocycles. The Morgan fingerprint density at radius 1 is 1.18 bits per heavy atom. The fraction of sp³-hybridized carbons (Fsp3) is 1.00. The van der Waals surface area contributed by atoms with E-state index < -0.39 is 0 Å². The Hall–Kier alpha value is -0.0800. The van der Waals surface area contributed by atoms with Crippen LogP contribution in [0.1, 0.15) is 60.3 Å². The SMILES string of the molecule is CCOC1(CNC(C)C)CCC(C(C)C)CC1. The Balaban J connectivity index is 2.50. The van der Waals surface area contributed by atoms with Gasteiger partial charge in [0.25, 0.3) is 0 Å². The van der Waals surface area contributed by atoms with E-state index in [0.717, 1.165) is 25.0 Å². The molecule has 17 heavy (non-hydrogen) atoms. The molecule has 0 saturated heterocycles. The van der Waals surface area contributed by atoms with E-state index in [1.807, 2.05) is 0 Å². The van der Waals surface area contributed by atoms with E-state index in [-0.39, 0.29) is 5.60 Å². The second-order valence-electron chi connectivity index (χ2n) is 6.23. The highest BCUT2D eigenvalue weighted by Crippen LogP contribution is 2.37. The summed E-state index contributed by atoms with van der Waals surface area (Å²) in [5.74, 6) is 1.73. The summed E-state index contributed by atoms with van der Waals surface area (Å²) in [5.41, 5.74) is 0.115. The Morgan fingerprint density at radius 2 is 1.76 bits per heavy atom. The van der Waals surface area contributed by atoms with Crippen molar-refractivity contribution in [1.29, 1.82) is 0 Å². The molecule has 0 bridgehead atoms. The van der Waals surface area contributed by atoms with Gasteiger partial charge in [0.15, 0.2) is 0 Å². The average Bonchev–Trinajstić information content (AvgIpc) is 2.28. The van der Waals surface area contributed by atoms with Gasteiger partial charge in [-0.3, -0.25) is 0 Å². The third-order valence-corrected chi connectivity index (χ3v) is 4.17. The van der Waals surface area contributed by atoms with Crippen LogP contribution in [0.3, 0.4) is 0 Å². The van der Waals surface area contributed by atoms with Crippen LogP contribution < -0.4 is 5.32 Å². The molecular weight excluding hydrogens is 210 g/mol. The number of ether oxygens (including phenoxy) is 1. The molecule has 0 aromatic heterocycles. The summed E-state index contributed by atoms with van der Waals surface area (Å²) in [6, 6.07) is 0.551. The van der Waals surface area contributed by atoms with Gasteiger partial charge in [0.05, 0.1) is 5.60 Å². The van der Waals surface area contributed by atoms with Crippen LogP contribution >= 0.6 is 0 Å². The van der Waals surface area contributed by atoms with Crippen molar-refractivity contribution in [1.82, 2.24) is 5.32 Å². The van der Waals surface area contributed by atoms with E-state index >= 15 is 0 Å². The second kappa shape index (κ2) is 6.75. The monoisotopic (exact) mass is 241 g/mol. The van der Waals surface area contributed by atoms with Crippen molar-refractivity contribution in [3.05, 3.63) is 0 Å². The first kappa shape index (κ1) is 15.0. The molecule has 0 radical (unpaired) electrons. The van der Waals surface area contributed by atoms with Crippen molar-refractivity contribution < 1.29 is 4.74 Å². The van der Waals surface area contributed by atoms with Crippen molar-refractivity contribution in [2.45, 2.75) is 71.9 Å². The van der Waals surface area contributed by atoms with Crippen LogP contribution in [0.2, 0.25) is 0 Å². The minimum Gasteiger partial charge on any atom is -0.374 e. The molecule has 102 valence electrons. The fourth-order valence-corrected chi connectivity index (χ4v) is 2.90. The lowest BCUT2D eigenvalue weighted by atomic mass is 9.74. The molecule has 0 aromatic rings. The molecule has 1 aliphatic rings. The zero-order chi connectivity index (χ0) is 12.9. The molecule has 0 atom stereocenters. The van der Waals surface area contributed by atoms with E-state index in [2.05, 4.69) is 39.9 Å². The second-order valence-corrected chi connectivity index (χ2v) is 6.23. The summed E-state index contributed by atoms with van der Waals surface area (Å²) >= 11 is 0. The minimum atomic E-state index is 0.115. The molecule has 2 nitrogen and oxygen atoms in total. The first-order chi connectivity index (χ1) is 7.99. The topological polar surface area (TPSA) is 21.3 Å². The molecule has 0 unspecified atom stereocenters. The summed E-state index contributed by atoms with van der Waals surface area (Å²) in [6.45, 7) is 13.1. The molecular formula is C15H31NO. The van der Waals surface area contributed by atoms with Crippen LogP contribution in [0.25, 0.3) is 0 Å². The summed E-state index contributed by atoms with van der Waals surface area (Å²) < 4.78 is 6.09. The van der Waals surface area contributed by atoms with Gasteiger partial charge < -0.3 is 10.1 Å². The molecule has 2 heteroatoms. The predicted molar refractivity (Wildman–Crippen MR) is 74.3 cm³/mol. The summed E-state index contributed by atoms with van der Waals surface area (Å²) in [5, 5.41) is 3.56. The van der Waals surface area contributed by atoms with E-state index in [9.17, 15) is 0 Å². The van der Waals surface area contributed by atoms with E-state index in [1.54, 1.807) is 0 Å². The smallest absolute Gasteiger partial charge is 0.0806 e. The van der Waals surface area contributed by atoms with Crippen LogP contribution in [0.15, 0.2) is 0 Å². The predicted octanol–water partition coefficient (Wildman–Crippen LogP) is 3.61. The largest absolute Gasteiger partial charge is 0.374 e. The highest BCUT2D eigenvalue weighted by atomic mass is 16.5. The first-order valence-corrected chi connectivity index (χ1v) is 7.36. The first-order valence-electron chi connectivity index (χ1n) is 7.36. The molecule has 1 fully saturated rings. The van der Waals surface area contributed by atoms with Crippen LogP contribution in [-0.4, -0.2) is 24.8 Å². The van der Waals surface area contributed by atoms with Crippen molar-refractivity contribution in [3.63, 3.8) is 0 Å². The molecule has 1 saturated carbocycles. The molecule has 1 rings (SSSR count). The Kier molecular flexibility index (Phi) is 5.94. The maximum absolute atomic E-state index is 6.09. The van der Waals surface area contributed by atoms with Crippen LogP contribution in [0.4, 0.5) is 0 Å². The number of rotatable bonds is 6. The zero-order valence-electron chi connectivity index (χ0n) is 12.4. The highest BCUT2D eigenvalue weighted by molar-refractivity contribution is 4.90. The van der Waals surface area contributed by atoms with Crippen molar-refractivity contribution in [2.24, 2.45) is 11.8 Å². The van der Waals surface area contributed by atoms with Gasteiger partial charge in [-0.1, -0.05) is 27.7 Å². The van der Waals surface area contributed by atoms with Gasteiger partial charge in [-0.15, -0.1) is 0 Å². The van der Waals surface area contributed by atoms with Gasteiger partial charge in [0.2, 0.25) is 0 Å². The number of hydrogen-bond acceptors (Lipinski definition) is 2.